The van der Waals surface area contributed by atoms with Gasteiger partial charge in [0.25, 0.3) is 0 Å². The van der Waals surface area contributed by atoms with Crippen molar-refractivity contribution in [2.75, 3.05) is 5.32 Å². The van der Waals surface area contributed by atoms with E-state index in [1.54, 1.807) is 18.2 Å². The standard InChI is InChI=1S/C17H16ClN3O2/c1-11-4-2-3-5-13(11)17-21-20-16(23-17)9-19-15-8-12(10-22)6-7-14(15)18/h2-8,19,22H,9-10H2,1H3. The van der Waals surface area contributed by atoms with E-state index < -0.39 is 0 Å². The van der Waals surface area contributed by atoms with E-state index in [9.17, 15) is 5.11 Å². The summed E-state index contributed by atoms with van der Waals surface area (Å²) in [4.78, 5) is 0. The minimum Gasteiger partial charge on any atom is -0.419 e. The van der Waals surface area contributed by atoms with Gasteiger partial charge in [-0.25, -0.2) is 0 Å². The molecule has 0 aliphatic carbocycles. The second-order valence-electron chi connectivity index (χ2n) is 5.14. The maximum Gasteiger partial charge on any atom is 0.248 e. The minimum atomic E-state index is -0.0379. The molecule has 0 radical (unpaired) electrons. The Hall–Kier alpha value is -2.37. The molecule has 23 heavy (non-hydrogen) atoms. The van der Waals surface area contributed by atoms with Gasteiger partial charge in [-0.15, -0.1) is 10.2 Å². The van der Waals surface area contributed by atoms with Gasteiger partial charge >= 0.3 is 0 Å². The van der Waals surface area contributed by atoms with Gasteiger partial charge in [0.15, 0.2) is 0 Å². The molecule has 0 fully saturated rings. The van der Waals surface area contributed by atoms with Crippen LogP contribution >= 0.6 is 11.6 Å². The molecule has 6 heteroatoms. The first-order valence-corrected chi connectivity index (χ1v) is 7.56. The summed E-state index contributed by atoms with van der Waals surface area (Å²) in [5, 5.41) is 21.0. The lowest BCUT2D eigenvalue weighted by Gasteiger charge is -2.07. The average Bonchev–Trinajstić information content (AvgIpc) is 3.03. The van der Waals surface area contributed by atoms with E-state index >= 15 is 0 Å². The highest BCUT2D eigenvalue weighted by molar-refractivity contribution is 6.33. The molecule has 2 aromatic carbocycles. The molecule has 0 bridgehead atoms. The highest BCUT2D eigenvalue weighted by atomic mass is 35.5. The van der Waals surface area contributed by atoms with E-state index in [1.807, 2.05) is 31.2 Å². The predicted molar refractivity (Wildman–Crippen MR) is 89.2 cm³/mol. The van der Waals surface area contributed by atoms with E-state index in [0.29, 0.717) is 29.0 Å². The molecule has 0 saturated carbocycles. The Labute approximate surface area is 138 Å². The van der Waals surface area contributed by atoms with Crippen LogP contribution in [0.2, 0.25) is 5.02 Å². The molecule has 3 rings (SSSR count). The van der Waals surface area contributed by atoms with Crippen LogP contribution in [0.4, 0.5) is 5.69 Å². The summed E-state index contributed by atoms with van der Waals surface area (Å²) in [6.07, 6.45) is 0. The zero-order chi connectivity index (χ0) is 16.2. The highest BCUT2D eigenvalue weighted by Crippen LogP contribution is 2.25. The molecule has 1 heterocycles. The van der Waals surface area contributed by atoms with E-state index in [4.69, 9.17) is 16.0 Å². The first-order valence-electron chi connectivity index (χ1n) is 7.19. The number of halogens is 1. The Balaban J connectivity index is 1.74. The van der Waals surface area contributed by atoms with Crippen molar-refractivity contribution in [1.29, 1.82) is 0 Å². The fourth-order valence-electron chi connectivity index (χ4n) is 2.22. The van der Waals surface area contributed by atoms with Gasteiger partial charge < -0.3 is 14.8 Å². The number of aryl methyl sites for hydroxylation is 1. The number of hydrogen-bond donors (Lipinski definition) is 2. The van der Waals surface area contributed by atoms with Crippen molar-refractivity contribution in [2.45, 2.75) is 20.1 Å². The van der Waals surface area contributed by atoms with E-state index in [2.05, 4.69) is 15.5 Å². The molecule has 0 unspecified atom stereocenters. The summed E-state index contributed by atoms with van der Waals surface area (Å²) < 4.78 is 5.69. The van der Waals surface area contributed by atoms with Gasteiger partial charge in [0.2, 0.25) is 11.8 Å². The maximum absolute atomic E-state index is 9.18. The molecule has 2 N–H and O–H groups in total. The van der Waals surface area contributed by atoms with Crippen molar-refractivity contribution in [1.82, 2.24) is 10.2 Å². The van der Waals surface area contributed by atoms with Gasteiger partial charge in [0.05, 0.1) is 23.9 Å². The van der Waals surface area contributed by atoms with Crippen molar-refractivity contribution in [2.24, 2.45) is 0 Å². The Bertz CT molecular complexity index is 817. The van der Waals surface area contributed by atoms with E-state index in [-0.39, 0.29) is 6.61 Å². The molecular weight excluding hydrogens is 314 g/mol. The Morgan fingerprint density at radius 1 is 1.17 bits per heavy atom. The molecule has 0 amide bonds. The third-order valence-corrected chi connectivity index (χ3v) is 3.82. The summed E-state index contributed by atoms with van der Waals surface area (Å²) in [5.74, 6) is 0.962. The lowest BCUT2D eigenvalue weighted by Crippen LogP contribution is -2.01. The van der Waals surface area contributed by atoms with Crippen LogP contribution in [0, 0.1) is 6.92 Å². The first kappa shape index (κ1) is 15.5. The topological polar surface area (TPSA) is 71.2 Å². The molecule has 0 spiro atoms. The third-order valence-electron chi connectivity index (χ3n) is 3.49. The predicted octanol–water partition coefficient (Wildman–Crippen LogP) is 3.80. The van der Waals surface area contributed by atoms with Crippen LogP contribution < -0.4 is 5.32 Å². The second-order valence-corrected chi connectivity index (χ2v) is 5.55. The fraction of sp³-hybridized carbons (Fsp3) is 0.176. The summed E-state index contributed by atoms with van der Waals surface area (Å²) in [5.41, 5.74) is 3.50. The Morgan fingerprint density at radius 3 is 2.78 bits per heavy atom. The first-order chi connectivity index (χ1) is 11.2. The van der Waals surface area contributed by atoms with Gasteiger partial charge in [0.1, 0.15) is 0 Å². The second kappa shape index (κ2) is 6.81. The van der Waals surface area contributed by atoms with Crippen molar-refractivity contribution in [3.05, 3.63) is 64.5 Å². The number of hydrogen-bond acceptors (Lipinski definition) is 5. The smallest absolute Gasteiger partial charge is 0.248 e. The summed E-state index contributed by atoms with van der Waals surface area (Å²) in [6.45, 7) is 2.31. The average molecular weight is 330 g/mol. The van der Waals surface area contributed by atoms with Crippen LogP contribution in [0.15, 0.2) is 46.9 Å². The summed E-state index contributed by atoms with van der Waals surface area (Å²) in [6, 6.07) is 13.1. The number of benzene rings is 2. The van der Waals surface area contributed by atoms with Crippen LogP contribution in [0.5, 0.6) is 0 Å². The lowest BCUT2D eigenvalue weighted by molar-refractivity contribution is 0.282. The highest BCUT2D eigenvalue weighted by Gasteiger charge is 2.11. The quantitative estimate of drug-likeness (QED) is 0.745. The number of nitrogens with one attached hydrogen (secondary N) is 1. The molecule has 0 aliphatic heterocycles. The number of rotatable bonds is 5. The van der Waals surface area contributed by atoms with Crippen LogP contribution in [0.1, 0.15) is 17.0 Å². The van der Waals surface area contributed by atoms with Crippen molar-refractivity contribution in [3.63, 3.8) is 0 Å². The zero-order valence-corrected chi connectivity index (χ0v) is 13.3. The normalized spacial score (nSPS) is 10.7. The number of aromatic nitrogens is 2. The maximum atomic E-state index is 9.18. The van der Waals surface area contributed by atoms with Gasteiger partial charge in [-0.2, -0.15) is 0 Å². The molecule has 1 aromatic heterocycles. The van der Waals surface area contributed by atoms with Gasteiger partial charge in [-0.3, -0.25) is 0 Å². The van der Waals surface area contributed by atoms with E-state index in [1.165, 1.54) is 0 Å². The van der Waals surface area contributed by atoms with Crippen LogP contribution in [-0.4, -0.2) is 15.3 Å². The molecule has 5 nitrogen and oxygen atoms in total. The molecule has 118 valence electrons. The van der Waals surface area contributed by atoms with Gasteiger partial charge in [-0.05, 0) is 36.2 Å². The number of anilines is 1. The largest absolute Gasteiger partial charge is 0.419 e. The van der Waals surface area contributed by atoms with E-state index in [0.717, 1.165) is 16.7 Å². The fourth-order valence-corrected chi connectivity index (χ4v) is 2.41. The number of nitrogens with zero attached hydrogens (tertiary/aromatic N) is 2. The number of aliphatic hydroxyl groups excluding tert-OH is 1. The molecule has 0 aliphatic rings. The summed E-state index contributed by atoms with van der Waals surface area (Å²) in [7, 11) is 0. The van der Waals surface area contributed by atoms with Crippen LogP contribution in [0.25, 0.3) is 11.5 Å². The molecular formula is C17H16ClN3O2. The lowest BCUT2D eigenvalue weighted by atomic mass is 10.1. The zero-order valence-electron chi connectivity index (χ0n) is 12.6. The van der Waals surface area contributed by atoms with Gasteiger partial charge in [-0.1, -0.05) is 35.9 Å². The minimum absolute atomic E-state index is 0.0379. The van der Waals surface area contributed by atoms with Gasteiger partial charge in [0, 0.05) is 5.56 Å². The molecule has 3 aromatic rings. The number of aliphatic hydroxyl groups is 1. The monoisotopic (exact) mass is 329 g/mol. The molecule has 0 atom stereocenters. The Morgan fingerprint density at radius 2 is 2.00 bits per heavy atom. The summed E-state index contributed by atoms with van der Waals surface area (Å²) >= 11 is 6.13. The van der Waals surface area contributed by atoms with Crippen molar-refractivity contribution < 1.29 is 9.52 Å². The van der Waals surface area contributed by atoms with Crippen molar-refractivity contribution in [3.8, 4) is 11.5 Å². The Kier molecular flexibility index (Phi) is 4.60. The third kappa shape index (κ3) is 3.52. The van der Waals surface area contributed by atoms with Crippen LogP contribution in [-0.2, 0) is 13.2 Å². The van der Waals surface area contributed by atoms with Crippen LogP contribution in [0.3, 0.4) is 0 Å². The van der Waals surface area contributed by atoms with Crippen molar-refractivity contribution >= 4 is 17.3 Å². The SMILES string of the molecule is Cc1ccccc1-c1nnc(CNc2cc(CO)ccc2Cl)o1. The molecule has 0 saturated heterocycles.